The predicted molar refractivity (Wildman–Crippen MR) is 76.6 cm³/mol. The summed E-state index contributed by atoms with van der Waals surface area (Å²) in [5, 5.41) is 15.4. The number of rotatable bonds is 3. The van der Waals surface area contributed by atoms with Crippen LogP contribution in [0.25, 0.3) is 0 Å². The molecule has 0 aliphatic carbocycles. The summed E-state index contributed by atoms with van der Waals surface area (Å²) in [6.07, 6.45) is 0. The highest BCUT2D eigenvalue weighted by Gasteiger charge is 2.17. The molecule has 0 bridgehead atoms. The van der Waals surface area contributed by atoms with E-state index in [9.17, 15) is 4.39 Å². The predicted octanol–water partition coefficient (Wildman–Crippen LogP) is 3.49. The fourth-order valence-electron chi connectivity index (χ4n) is 1.48. The number of tetrazole rings is 1. The maximum absolute atomic E-state index is 13.7. The third kappa shape index (κ3) is 3.37. The number of nitrogens with one attached hydrogen (secondary N) is 1. The smallest absolute Gasteiger partial charge is 0.193 e. The van der Waals surface area contributed by atoms with E-state index in [0.717, 1.165) is 0 Å². The minimum atomic E-state index is -0.522. The van der Waals surface area contributed by atoms with E-state index in [1.54, 1.807) is 0 Å². The van der Waals surface area contributed by atoms with Crippen molar-refractivity contribution in [2.24, 2.45) is 0 Å². The van der Waals surface area contributed by atoms with Crippen LogP contribution in [0.5, 0.6) is 0 Å². The van der Waals surface area contributed by atoms with Gasteiger partial charge in [0.25, 0.3) is 0 Å². The molecule has 108 valence electrons. The average Bonchev–Trinajstić information content (AvgIpc) is 2.75. The van der Waals surface area contributed by atoms with Gasteiger partial charge in [-0.25, -0.2) is 4.39 Å². The molecule has 1 aromatic carbocycles. The van der Waals surface area contributed by atoms with E-state index in [1.165, 1.54) is 16.9 Å². The lowest BCUT2D eigenvalue weighted by Gasteiger charge is -2.15. The van der Waals surface area contributed by atoms with Crippen LogP contribution < -0.4 is 5.32 Å². The Balaban J connectivity index is 2.12. The Morgan fingerprint density at radius 3 is 2.55 bits per heavy atom. The van der Waals surface area contributed by atoms with Crippen molar-refractivity contribution in [2.45, 2.75) is 32.9 Å². The molecule has 0 saturated heterocycles. The number of aromatic nitrogens is 4. The van der Waals surface area contributed by atoms with Gasteiger partial charge < -0.3 is 5.32 Å². The van der Waals surface area contributed by atoms with Crippen LogP contribution in [0.15, 0.2) is 12.1 Å². The first-order valence-corrected chi connectivity index (χ1v) is 6.71. The van der Waals surface area contributed by atoms with Crippen molar-refractivity contribution in [3.63, 3.8) is 0 Å². The molecule has 1 heterocycles. The summed E-state index contributed by atoms with van der Waals surface area (Å²) in [5.41, 5.74) is -0.0859. The second kappa shape index (κ2) is 5.54. The van der Waals surface area contributed by atoms with Gasteiger partial charge in [-0.2, -0.15) is 4.80 Å². The van der Waals surface area contributed by atoms with Crippen molar-refractivity contribution in [2.75, 3.05) is 5.32 Å². The minimum absolute atomic E-state index is 0.170. The molecule has 0 unspecified atom stereocenters. The van der Waals surface area contributed by atoms with Crippen LogP contribution in [0.2, 0.25) is 10.0 Å². The highest BCUT2D eigenvalue weighted by molar-refractivity contribution is 6.36. The molecule has 2 rings (SSSR count). The van der Waals surface area contributed by atoms with E-state index < -0.39 is 5.82 Å². The first-order valence-electron chi connectivity index (χ1n) is 5.95. The van der Waals surface area contributed by atoms with Crippen molar-refractivity contribution < 1.29 is 4.39 Å². The lowest BCUT2D eigenvalue weighted by molar-refractivity contribution is 0.305. The van der Waals surface area contributed by atoms with Crippen LogP contribution in [-0.2, 0) is 12.1 Å². The summed E-state index contributed by atoms with van der Waals surface area (Å²) < 4.78 is 13.7. The van der Waals surface area contributed by atoms with Gasteiger partial charge in [-0.15, -0.1) is 10.2 Å². The maximum atomic E-state index is 13.7. The zero-order valence-electron chi connectivity index (χ0n) is 11.3. The van der Waals surface area contributed by atoms with Gasteiger partial charge in [0.05, 0.1) is 22.8 Å². The zero-order chi connectivity index (χ0) is 14.9. The van der Waals surface area contributed by atoms with E-state index in [1.807, 2.05) is 20.8 Å². The molecule has 0 amide bonds. The summed E-state index contributed by atoms with van der Waals surface area (Å²) in [6, 6.07) is 2.66. The van der Waals surface area contributed by atoms with Crippen LogP contribution in [0, 0.1) is 5.82 Å². The molecule has 1 N–H and O–H groups in total. The first-order chi connectivity index (χ1) is 9.27. The minimum Gasteiger partial charge on any atom is -0.374 e. The van der Waals surface area contributed by atoms with Crippen LogP contribution >= 0.6 is 23.2 Å². The Morgan fingerprint density at radius 1 is 1.30 bits per heavy atom. The molecule has 0 radical (unpaired) electrons. The van der Waals surface area contributed by atoms with E-state index in [-0.39, 0.29) is 27.8 Å². The summed E-state index contributed by atoms with van der Waals surface area (Å²) >= 11 is 11.6. The molecule has 1 aromatic heterocycles. The molecule has 0 atom stereocenters. The highest BCUT2D eigenvalue weighted by Crippen LogP contribution is 2.29. The zero-order valence-corrected chi connectivity index (χ0v) is 12.8. The number of halogens is 3. The summed E-state index contributed by atoms with van der Waals surface area (Å²) in [7, 11) is 0. The summed E-state index contributed by atoms with van der Waals surface area (Å²) in [6.45, 7) is 6.10. The maximum Gasteiger partial charge on any atom is 0.193 e. The van der Waals surface area contributed by atoms with Crippen molar-refractivity contribution >= 4 is 28.9 Å². The normalized spacial score (nSPS) is 11.7. The van der Waals surface area contributed by atoms with Crippen molar-refractivity contribution in [3.8, 4) is 0 Å². The van der Waals surface area contributed by atoms with Crippen LogP contribution in [0.3, 0.4) is 0 Å². The van der Waals surface area contributed by atoms with E-state index in [0.29, 0.717) is 5.82 Å². The van der Waals surface area contributed by atoms with Crippen LogP contribution in [-0.4, -0.2) is 20.2 Å². The number of anilines is 1. The third-order valence-corrected chi connectivity index (χ3v) is 3.00. The Bertz CT molecular complexity index is 598. The Morgan fingerprint density at radius 2 is 2.00 bits per heavy atom. The van der Waals surface area contributed by atoms with Gasteiger partial charge in [-0.05, 0) is 38.1 Å². The lowest BCUT2D eigenvalue weighted by Crippen LogP contribution is -2.24. The Kier molecular flexibility index (Phi) is 4.15. The molecule has 8 heteroatoms. The van der Waals surface area contributed by atoms with Gasteiger partial charge in [0.2, 0.25) is 0 Å². The first kappa shape index (κ1) is 15.0. The topological polar surface area (TPSA) is 55.6 Å². The van der Waals surface area contributed by atoms with E-state index in [2.05, 4.69) is 20.7 Å². The average molecular weight is 318 g/mol. The second-order valence-electron chi connectivity index (χ2n) is 5.26. The monoisotopic (exact) mass is 317 g/mol. The fraction of sp³-hybridized carbons (Fsp3) is 0.417. The standard InChI is InChI=1S/C12H14Cl2FN5/c1-12(2,3)20-18-10(17-19-20)6-16-11-8(14)4-7(13)5-9(11)15/h4-5,16H,6H2,1-3H3. The fourth-order valence-corrected chi connectivity index (χ4v) is 2.01. The molecular formula is C12H14Cl2FN5. The van der Waals surface area contributed by atoms with E-state index >= 15 is 0 Å². The summed E-state index contributed by atoms with van der Waals surface area (Å²) in [5.74, 6) is -0.0731. The number of benzene rings is 1. The van der Waals surface area contributed by atoms with Gasteiger partial charge in [-0.1, -0.05) is 23.2 Å². The van der Waals surface area contributed by atoms with Crippen molar-refractivity contribution in [3.05, 3.63) is 33.8 Å². The Hall–Kier alpha value is -1.40. The van der Waals surface area contributed by atoms with Gasteiger partial charge in [0.1, 0.15) is 5.82 Å². The molecular weight excluding hydrogens is 304 g/mol. The largest absolute Gasteiger partial charge is 0.374 e. The second-order valence-corrected chi connectivity index (χ2v) is 6.11. The lowest BCUT2D eigenvalue weighted by atomic mass is 10.1. The van der Waals surface area contributed by atoms with Gasteiger partial charge in [0.15, 0.2) is 5.82 Å². The molecule has 0 aliphatic rings. The molecule has 0 aliphatic heterocycles. The molecule has 2 aromatic rings. The number of hydrogen-bond acceptors (Lipinski definition) is 4. The molecule has 0 fully saturated rings. The molecule has 0 saturated carbocycles. The SMILES string of the molecule is CC(C)(C)n1nnc(CNc2c(F)cc(Cl)cc2Cl)n1. The molecule has 0 spiro atoms. The molecule has 5 nitrogen and oxygen atoms in total. The van der Waals surface area contributed by atoms with Crippen LogP contribution in [0.1, 0.15) is 26.6 Å². The van der Waals surface area contributed by atoms with Crippen LogP contribution in [0.4, 0.5) is 10.1 Å². The van der Waals surface area contributed by atoms with Crippen molar-refractivity contribution in [1.82, 2.24) is 20.2 Å². The highest BCUT2D eigenvalue weighted by atomic mass is 35.5. The quantitative estimate of drug-likeness (QED) is 0.941. The van der Waals surface area contributed by atoms with Crippen molar-refractivity contribution in [1.29, 1.82) is 0 Å². The van der Waals surface area contributed by atoms with Gasteiger partial charge in [0, 0.05) is 5.02 Å². The third-order valence-electron chi connectivity index (χ3n) is 2.49. The van der Waals surface area contributed by atoms with Gasteiger partial charge in [-0.3, -0.25) is 0 Å². The van der Waals surface area contributed by atoms with Gasteiger partial charge >= 0.3 is 0 Å². The number of nitrogens with zero attached hydrogens (tertiary/aromatic N) is 4. The summed E-state index contributed by atoms with van der Waals surface area (Å²) in [4.78, 5) is 1.50. The van der Waals surface area contributed by atoms with E-state index in [4.69, 9.17) is 23.2 Å². The number of hydrogen-bond donors (Lipinski definition) is 1. The molecule has 20 heavy (non-hydrogen) atoms. The Labute approximate surface area is 126 Å².